The highest BCUT2D eigenvalue weighted by Crippen LogP contribution is 2.39. The highest BCUT2D eigenvalue weighted by atomic mass is 79.9. The molecule has 2 rings (SSSR count). The Morgan fingerprint density at radius 2 is 2.08 bits per heavy atom. The molecule has 0 spiro atoms. The van der Waals surface area contributed by atoms with Crippen LogP contribution >= 0.6 is 15.9 Å². The smallest absolute Gasteiger partial charge is 0.229 e. The van der Waals surface area contributed by atoms with Gasteiger partial charge in [-0.2, -0.15) is 0 Å². The highest BCUT2D eigenvalue weighted by molar-refractivity contribution is 9.09. The summed E-state index contributed by atoms with van der Waals surface area (Å²) in [5.74, 6) is 0.957. The number of nitrogens with zero attached hydrogens (tertiary/aromatic N) is 1. The largest absolute Gasteiger partial charge is 0.458 e. The topological polar surface area (TPSA) is 12.5 Å². The van der Waals surface area contributed by atoms with Gasteiger partial charge in [0.1, 0.15) is 5.75 Å². The van der Waals surface area contributed by atoms with Crippen LogP contribution < -0.4 is 9.64 Å². The Morgan fingerprint density at radius 3 is 2.77 bits per heavy atom. The van der Waals surface area contributed by atoms with Crippen LogP contribution in [0.5, 0.6) is 5.75 Å². The van der Waals surface area contributed by atoms with E-state index in [1.54, 1.807) is 0 Å². The maximum absolute atomic E-state index is 5.62. The molecular formula is C10H12BrNO. The minimum absolute atomic E-state index is 0.0232. The van der Waals surface area contributed by atoms with E-state index in [0.29, 0.717) is 6.04 Å². The lowest BCUT2D eigenvalue weighted by molar-refractivity contribution is 0.311. The quantitative estimate of drug-likeness (QED) is 0.554. The maximum atomic E-state index is 5.62. The molecule has 0 radical (unpaired) electrons. The molecule has 1 aromatic rings. The summed E-state index contributed by atoms with van der Waals surface area (Å²) in [4.78, 5) is 2.20. The lowest BCUT2D eigenvalue weighted by Crippen LogP contribution is -2.35. The van der Waals surface area contributed by atoms with Crippen LogP contribution in [0, 0.1) is 0 Å². The van der Waals surface area contributed by atoms with Gasteiger partial charge in [-0.25, -0.2) is 0 Å². The summed E-state index contributed by atoms with van der Waals surface area (Å²) in [7, 11) is 0. The second-order valence-corrected chi connectivity index (χ2v) is 4.16. The van der Waals surface area contributed by atoms with Crippen LogP contribution in [0.4, 0.5) is 5.69 Å². The Bertz CT molecular complexity index is 314. The Labute approximate surface area is 86.6 Å². The van der Waals surface area contributed by atoms with E-state index < -0.39 is 0 Å². The zero-order valence-corrected chi connectivity index (χ0v) is 9.28. The lowest BCUT2D eigenvalue weighted by atomic mass is 10.2. The number of rotatable bonds is 1. The molecule has 0 aromatic heterocycles. The van der Waals surface area contributed by atoms with Gasteiger partial charge in [0.25, 0.3) is 0 Å². The molecule has 1 aliphatic rings. The molecule has 3 heteroatoms. The second kappa shape index (κ2) is 3.22. The van der Waals surface area contributed by atoms with Crippen molar-refractivity contribution in [2.24, 2.45) is 0 Å². The molecule has 0 fully saturated rings. The van der Waals surface area contributed by atoms with Gasteiger partial charge in [0.2, 0.25) is 5.14 Å². The molecule has 1 aromatic carbocycles. The number of anilines is 1. The van der Waals surface area contributed by atoms with Crippen LogP contribution in [0.25, 0.3) is 0 Å². The molecule has 0 bridgehead atoms. The molecule has 2 nitrogen and oxygen atoms in total. The minimum atomic E-state index is -0.0232. The average Bonchev–Trinajstić information content (AvgIpc) is 2.39. The fourth-order valence-corrected chi connectivity index (χ4v) is 2.45. The summed E-state index contributed by atoms with van der Waals surface area (Å²) in [6.45, 7) is 4.30. The number of para-hydroxylation sites is 2. The SMILES string of the molecule is CC(C)N1c2ccccc2OC1Br. The van der Waals surface area contributed by atoms with Crippen molar-refractivity contribution < 1.29 is 4.74 Å². The number of hydrogen-bond acceptors (Lipinski definition) is 2. The molecule has 1 atom stereocenters. The Morgan fingerprint density at radius 1 is 1.38 bits per heavy atom. The number of ether oxygens (including phenoxy) is 1. The first-order chi connectivity index (χ1) is 6.20. The van der Waals surface area contributed by atoms with Gasteiger partial charge < -0.3 is 9.64 Å². The third-order valence-corrected chi connectivity index (χ3v) is 2.77. The number of fused-ring (bicyclic) bond motifs is 1. The summed E-state index contributed by atoms with van der Waals surface area (Å²) >= 11 is 3.49. The van der Waals surface area contributed by atoms with Crippen molar-refractivity contribution in [2.45, 2.75) is 25.0 Å². The van der Waals surface area contributed by atoms with Crippen molar-refractivity contribution in [2.75, 3.05) is 4.90 Å². The summed E-state index contributed by atoms with van der Waals surface area (Å²) in [6, 6.07) is 8.53. The van der Waals surface area contributed by atoms with Crippen molar-refractivity contribution in [1.29, 1.82) is 0 Å². The molecule has 1 heterocycles. The molecule has 0 saturated carbocycles. The van der Waals surface area contributed by atoms with E-state index in [-0.39, 0.29) is 5.14 Å². The zero-order valence-electron chi connectivity index (χ0n) is 7.70. The van der Waals surface area contributed by atoms with Crippen LogP contribution in [0.1, 0.15) is 13.8 Å². The summed E-state index contributed by atoms with van der Waals surface area (Å²) < 4.78 is 5.62. The van der Waals surface area contributed by atoms with E-state index in [4.69, 9.17) is 4.74 Å². The molecule has 1 aliphatic heterocycles. The van der Waals surface area contributed by atoms with E-state index in [1.807, 2.05) is 18.2 Å². The lowest BCUT2D eigenvalue weighted by Gasteiger charge is -2.24. The standard InChI is InChI=1S/C10H12BrNO/c1-7(2)12-8-5-3-4-6-9(8)13-10(12)11/h3-7,10H,1-2H3. The second-order valence-electron chi connectivity index (χ2n) is 3.38. The zero-order chi connectivity index (χ0) is 9.42. The fraction of sp³-hybridized carbons (Fsp3) is 0.400. The van der Waals surface area contributed by atoms with E-state index in [2.05, 4.69) is 40.7 Å². The van der Waals surface area contributed by atoms with Crippen molar-refractivity contribution in [3.05, 3.63) is 24.3 Å². The van der Waals surface area contributed by atoms with Gasteiger partial charge >= 0.3 is 0 Å². The van der Waals surface area contributed by atoms with Crippen LogP contribution in [0.2, 0.25) is 0 Å². The number of benzene rings is 1. The Hall–Kier alpha value is -0.700. The number of alkyl halides is 1. The molecular weight excluding hydrogens is 230 g/mol. The molecule has 0 saturated heterocycles. The molecule has 0 aliphatic carbocycles. The van der Waals surface area contributed by atoms with E-state index >= 15 is 0 Å². The van der Waals surface area contributed by atoms with Crippen molar-refractivity contribution in [1.82, 2.24) is 0 Å². The monoisotopic (exact) mass is 241 g/mol. The van der Waals surface area contributed by atoms with Gasteiger partial charge in [0.05, 0.1) is 5.69 Å². The van der Waals surface area contributed by atoms with Crippen LogP contribution in [-0.4, -0.2) is 11.2 Å². The third kappa shape index (κ3) is 1.41. The molecule has 70 valence electrons. The van der Waals surface area contributed by atoms with Gasteiger partial charge in [-0.05, 0) is 41.9 Å². The van der Waals surface area contributed by atoms with E-state index in [1.165, 1.54) is 5.69 Å². The van der Waals surface area contributed by atoms with Gasteiger partial charge in [0.15, 0.2) is 0 Å². The van der Waals surface area contributed by atoms with Gasteiger partial charge in [-0.15, -0.1) is 0 Å². The molecule has 13 heavy (non-hydrogen) atoms. The number of hydrogen-bond donors (Lipinski definition) is 0. The van der Waals surface area contributed by atoms with E-state index in [9.17, 15) is 0 Å². The maximum Gasteiger partial charge on any atom is 0.229 e. The van der Waals surface area contributed by atoms with E-state index in [0.717, 1.165) is 5.75 Å². The van der Waals surface area contributed by atoms with Crippen LogP contribution in [0.15, 0.2) is 24.3 Å². The molecule has 1 unspecified atom stereocenters. The van der Waals surface area contributed by atoms with Crippen molar-refractivity contribution in [3.63, 3.8) is 0 Å². The Balaban J connectivity index is 2.40. The normalized spacial score (nSPS) is 20.3. The van der Waals surface area contributed by atoms with Gasteiger partial charge in [-0.3, -0.25) is 0 Å². The fourth-order valence-electron chi connectivity index (χ4n) is 1.55. The predicted octanol–water partition coefficient (Wildman–Crippen LogP) is 2.97. The minimum Gasteiger partial charge on any atom is -0.458 e. The summed E-state index contributed by atoms with van der Waals surface area (Å²) in [6.07, 6.45) is 0. The van der Waals surface area contributed by atoms with Crippen molar-refractivity contribution >= 4 is 21.6 Å². The highest BCUT2D eigenvalue weighted by Gasteiger charge is 2.29. The number of halogens is 1. The summed E-state index contributed by atoms with van der Waals surface area (Å²) in [5.41, 5.74) is 1.17. The van der Waals surface area contributed by atoms with Gasteiger partial charge in [-0.1, -0.05) is 12.1 Å². The predicted molar refractivity (Wildman–Crippen MR) is 57.4 cm³/mol. The first-order valence-corrected chi connectivity index (χ1v) is 5.30. The third-order valence-electron chi connectivity index (χ3n) is 2.14. The first-order valence-electron chi connectivity index (χ1n) is 4.38. The van der Waals surface area contributed by atoms with Gasteiger partial charge in [0, 0.05) is 6.04 Å². The van der Waals surface area contributed by atoms with Crippen molar-refractivity contribution in [3.8, 4) is 5.75 Å². The Kier molecular flexibility index (Phi) is 2.20. The molecule has 0 amide bonds. The molecule has 0 N–H and O–H groups in total. The first kappa shape index (κ1) is 8.88. The average molecular weight is 242 g/mol. The summed E-state index contributed by atoms with van der Waals surface area (Å²) in [5, 5.41) is -0.0232. The van der Waals surface area contributed by atoms with Crippen LogP contribution in [0.3, 0.4) is 0 Å². The van der Waals surface area contributed by atoms with Crippen LogP contribution in [-0.2, 0) is 0 Å².